The van der Waals surface area contributed by atoms with Crippen molar-refractivity contribution < 1.29 is 34.5 Å². The molecule has 9 heteroatoms. The first-order chi connectivity index (χ1) is 15.3. The summed E-state index contributed by atoms with van der Waals surface area (Å²) >= 11 is 0. The maximum atomic E-state index is 13.6. The van der Waals surface area contributed by atoms with Crippen LogP contribution in [0, 0.1) is 23.7 Å². The van der Waals surface area contributed by atoms with Crippen LogP contribution in [0.3, 0.4) is 0 Å². The topological polar surface area (TPSA) is 158 Å². The molecule has 0 aromatic heterocycles. The van der Waals surface area contributed by atoms with Gasteiger partial charge in [-0.15, -0.1) is 0 Å². The second-order valence-corrected chi connectivity index (χ2v) is 9.69. The van der Waals surface area contributed by atoms with Gasteiger partial charge in [0.25, 0.3) is 5.91 Å². The van der Waals surface area contributed by atoms with E-state index in [-0.39, 0.29) is 23.7 Å². The smallest absolute Gasteiger partial charge is 0.255 e. The summed E-state index contributed by atoms with van der Waals surface area (Å²) in [5, 5.41) is 33.7. The van der Waals surface area contributed by atoms with Crippen LogP contribution in [-0.4, -0.2) is 69.2 Å². The highest BCUT2D eigenvalue weighted by molar-refractivity contribution is 6.22. The number of ketones is 3. The zero-order chi connectivity index (χ0) is 24.6. The zero-order valence-corrected chi connectivity index (χ0v) is 19.0. The average molecular weight is 456 g/mol. The van der Waals surface area contributed by atoms with Crippen molar-refractivity contribution in [1.82, 2.24) is 4.90 Å². The quantitative estimate of drug-likeness (QED) is 0.451. The predicted molar refractivity (Wildman–Crippen MR) is 117 cm³/mol. The minimum atomic E-state index is -2.51. The lowest BCUT2D eigenvalue weighted by Crippen LogP contribution is -2.63. The van der Waals surface area contributed by atoms with Gasteiger partial charge in [-0.25, -0.2) is 0 Å². The van der Waals surface area contributed by atoms with Crippen molar-refractivity contribution in [3.8, 4) is 0 Å². The molecule has 1 amide bonds. The van der Waals surface area contributed by atoms with E-state index in [9.17, 15) is 34.5 Å². The van der Waals surface area contributed by atoms with E-state index in [2.05, 4.69) is 0 Å². The van der Waals surface area contributed by atoms with Crippen molar-refractivity contribution in [3.05, 3.63) is 46.0 Å². The number of hydrogen-bond donors (Lipinski definition) is 4. The summed E-state index contributed by atoms with van der Waals surface area (Å²) in [4.78, 5) is 52.4. The fraction of sp³-hybridized carbons (Fsp3) is 0.500. The zero-order valence-electron chi connectivity index (χ0n) is 19.0. The Morgan fingerprint density at radius 2 is 1.79 bits per heavy atom. The van der Waals surface area contributed by atoms with Crippen molar-refractivity contribution in [1.29, 1.82) is 0 Å². The lowest BCUT2D eigenvalue weighted by atomic mass is 9.56. The first-order valence-electron chi connectivity index (χ1n) is 10.9. The number of carbonyl (C=O) groups is 4. The van der Waals surface area contributed by atoms with Crippen LogP contribution in [0.15, 0.2) is 46.0 Å². The number of aliphatic hydroxyl groups excluding tert-OH is 2. The SMILES string of the molecule is CC(=O)C1=C2C[C@H]3C[C@H]4[C@H](N(C)C)C(=O)C(C(N)=O)=C(O)[C@@]4(O)C(O)=C3C(=O)[C@H]2C(C)C=C1. The van der Waals surface area contributed by atoms with Crippen LogP contribution in [0.25, 0.3) is 0 Å². The lowest BCUT2D eigenvalue weighted by molar-refractivity contribution is -0.137. The Bertz CT molecular complexity index is 1130. The van der Waals surface area contributed by atoms with Gasteiger partial charge in [0.15, 0.2) is 23.0 Å². The van der Waals surface area contributed by atoms with Crippen molar-refractivity contribution >= 4 is 23.3 Å². The van der Waals surface area contributed by atoms with Crippen LogP contribution >= 0.6 is 0 Å². The van der Waals surface area contributed by atoms with Crippen molar-refractivity contribution in [2.75, 3.05) is 14.1 Å². The Kier molecular flexibility index (Phi) is 5.25. The van der Waals surface area contributed by atoms with Gasteiger partial charge in [0.1, 0.15) is 17.1 Å². The van der Waals surface area contributed by atoms with Crippen LogP contribution in [0.1, 0.15) is 26.7 Å². The van der Waals surface area contributed by atoms with Crippen LogP contribution in [0.5, 0.6) is 0 Å². The number of amides is 1. The van der Waals surface area contributed by atoms with E-state index in [0.717, 1.165) is 0 Å². The molecular weight excluding hydrogens is 428 g/mol. The fourth-order valence-electron chi connectivity index (χ4n) is 6.15. The van der Waals surface area contributed by atoms with Gasteiger partial charge in [-0.1, -0.05) is 19.1 Å². The number of hydrogen-bond acceptors (Lipinski definition) is 8. The summed E-state index contributed by atoms with van der Waals surface area (Å²) in [6.07, 6.45) is 3.87. The molecule has 5 N–H and O–H groups in total. The molecule has 0 radical (unpaired) electrons. The molecule has 1 fully saturated rings. The molecule has 0 spiro atoms. The van der Waals surface area contributed by atoms with E-state index < -0.39 is 64.0 Å². The van der Waals surface area contributed by atoms with Crippen LogP contribution < -0.4 is 5.73 Å². The van der Waals surface area contributed by atoms with E-state index in [0.29, 0.717) is 17.6 Å². The molecule has 9 nitrogen and oxygen atoms in total. The lowest BCUT2D eigenvalue weighted by Gasteiger charge is -2.51. The molecule has 0 saturated heterocycles. The van der Waals surface area contributed by atoms with E-state index >= 15 is 0 Å². The molecule has 0 aromatic rings. The minimum Gasteiger partial charge on any atom is -0.508 e. The number of nitrogens with zero attached hydrogens (tertiary/aromatic N) is 1. The van der Waals surface area contributed by atoms with Gasteiger partial charge in [-0.05, 0) is 51.3 Å². The van der Waals surface area contributed by atoms with Gasteiger partial charge in [0.05, 0.1) is 12.0 Å². The molecule has 4 aliphatic carbocycles. The summed E-state index contributed by atoms with van der Waals surface area (Å²) in [6, 6.07) is -1.07. The third kappa shape index (κ3) is 2.99. The van der Waals surface area contributed by atoms with Gasteiger partial charge in [-0.3, -0.25) is 24.1 Å². The van der Waals surface area contributed by atoms with Gasteiger partial charge >= 0.3 is 0 Å². The summed E-state index contributed by atoms with van der Waals surface area (Å²) in [7, 11) is 3.15. The normalized spacial score (nSPS) is 36.1. The molecule has 4 rings (SSSR count). The second-order valence-electron chi connectivity index (χ2n) is 9.69. The summed E-state index contributed by atoms with van der Waals surface area (Å²) in [5.41, 5.74) is 3.16. The van der Waals surface area contributed by atoms with Crippen LogP contribution in [-0.2, 0) is 19.2 Å². The molecule has 0 heterocycles. The predicted octanol–water partition coefficient (Wildman–Crippen LogP) is 0.657. The maximum Gasteiger partial charge on any atom is 0.255 e. The molecule has 1 saturated carbocycles. The second kappa shape index (κ2) is 7.50. The van der Waals surface area contributed by atoms with E-state index in [1.165, 1.54) is 11.8 Å². The molecule has 4 aliphatic rings. The van der Waals surface area contributed by atoms with Crippen LogP contribution in [0.2, 0.25) is 0 Å². The summed E-state index contributed by atoms with van der Waals surface area (Å²) in [5.74, 6) is -6.90. The Labute approximate surface area is 190 Å². The Hall–Kier alpha value is -3.04. The van der Waals surface area contributed by atoms with E-state index in [4.69, 9.17) is 5.73 Å². The van der Waals surface area contributed by atoms with Gasteiger partial charge in [-0.2, -0.15) is 0 Å². The number of likely N-dealkylation sites (N-methyl/N-ethyl adjacent to an activating group) is 1. The molecule has 0 aromatic carbocycles. The molecule has 0 aliphatic heterocycles. The number of aliphatic hydroxyl groups is 3. The van der Waals surface area contributed by atoms with E-state index in [1.54, 1.807) is 26.2 Å². The van der Waals surface area contributed by atoms with Gasteiger partial charge in [0.2, 0.25) is 0 Å². The average Bonchev–Trinajstić information content (AvgIpc) is 2.70. The Balaban J connectivity index is 1.97. The maximum absolute atomic E-state index is 13.6. The molecule has 0 bridgehead atoms. The summed E-state index contributed by atoms with van der Waals surface area (Å²) < 4.78 is 0. The number of Topliss-reactive ketones (excluding diaryl/α,β-unsaturated/α-hetero) is 3. The highest BCUT2D eigenvalue weighted by atomic mass is 16.4. The Morgan fingerprint density at radius 3 is 2.33 bits per heavy atom. The molecular formula is C24H28N2O7. The third-order valence-electron chi connectivity index (χ3n) is 7.60. The number of nitrogens with two attached hydrogens (primary N) is 1. The van der Waals surface area contributed by atoms with Gasteiger partial charge in [0, 0.05) is 17.1 Å². The highest BCUT2D eigenvalue weighted by Gasteiger charge is 2.63. The standard InChI is InChI=1S/C24H28N2O7/c1-9-5-6-12(10(2)27)13-7-11-8-14-18(26(3)4)20(29)17(23(25)32)22(31)24(14,33)21(30)16(11)19(28)15(9)13/h5-6,9,11,14-15,18,30-31,33H,7-8H2,1-4H3,(H2,25,32)/t9?,11-,14-,15-,18-,24-/m0/s1. The number of fused-ring (bicyclic) bond motifs is 3. The third-order valence-corrected chi connectivity index (χ3v) is 7.60. The number of carbonyl (C=O) groups excluding carboxylic acids is 4. The first kappa shape index (κ1) is 23.1. The largest absolute Gasteiger partial charge is 0.508 e. The van der Waals surface area contributed by atoms with Crippen LogP contribution in [0.4, 0.5) is 0 Å². The van der Waals surface area contributed by atoms with Crippen molar-refractivity contribution in [2.45, 2.75) is 38.3 Å². The molecule has 1 unspecified atom stereocenters. The van der Waals surface area contributed by atoms with Crippen molar-refractivity contribution in [3.63, 3.8) is 0 Å². The van der Waals surface area contributed by atoms with Gasteiger partial charge < -0.3 is 21.1 Å². The van der Waals surface area contributed by atoms with Crippen molar-refractivity contribution in [2.24, 2.45) is 29.4 Å². The highest BCUT2D eigenvalue weighted by Crippen LogP contribution is 2.55. The summed E-state index contributed by atoms with van der Waals surface area (Å²) in [6.45, 7) is 3.26. The molecule has 6 atom stereocenters. The number of rotatable bonds is 3. The minimum absolute atomic E-state index is 0.0326. The number of allylic oxidation sites excluding steroid dienone is 5. The monoisotopic (exact) mass is 456 g/mol. The molecule has 176 valence electrons. The molecule has 33 heavy (non-hydrogen) atoms. The fourth-order valence-corrected chi connectivity index (χ4v) is 6.15. The van der Waals surface area contributed by atoms with E-state index in [1.807, 2.05) is 6.92 Å². The Morgan fingerprint density at radius 1 is 1.15 bits per heavy atom. The number of primary amides is 1. The first-order valence-corrected chi connectivity index (χ1v) is 10.9.